The zero-order valence-corrected chi connectivity index (χ0v) is 12.8. The molecule has 3 saturated carbocycles. The van der Waals surface area contributed by atoms with E-state index in [9.17, 15) is 15.0 Å². The van der Waals surface area contributed by atoms with Crippen molar-refractivity contribution in [2.45, 2.75) is 71.3 Å². The van der Waals surface area contributed by atoms with Crippen LogP contribution in [-0.4, -0.2) is 22.3 Å². The molecule has 0 heterocycles. The predicted molar refractivity (Wildman–Crippen MR) is 77.3 cm³/mol. The third-order valence-electron chi connectivity index (χ3n) is 7.04. The van der Waals surface area contributed by atoms with E-state index in [4.69, 9.17) is 0 Å². The van der Waals surface area contributed by atoms with Gasteiger partial charge in [0.15, 0.2) is 0 Å². The summed E-state index contributed by atoms with van der Waals surface area (Å²) in [5, 5.41) is 19.4. The minimum atomic E-state index is -0.609. The topological polar surface area (TPSA) is 57.5 Å². The first-order valence-corrected chi connectivity index (χ1v) is 8.27. The largest absolute Gasteiger partial charge is 0.481 e. The summed E-state index contributed by atoms with van der Waals surface area (Å²) in [4.78, 5) is 11.5. The van der Waals surface area contributed by atoms with Gasteiger partial charge in [0.2, 0.25) is 0 Å². The molecule has 3 aliphatic carbocycles. The van der Waals surface area contributed by atoms with Gasteiger partial charge in [-0.3, -0.25) is 4.79 Å². The van der Waals surface area contributed by atoms with Gasteiger partial charge in [-0.15, -0.1) is 0 Å². The number of rotatable bonds is 1. The maximum atomic E-state index is 11.5. The van der Waals surface area contributed by atoms with E-state index in [0.717, 1.165) is 38.5 Å². The fourth-order valence-electron chi connectivity index (χ4n) is 5.65. The van der Waals surface area contributed by atoms with Crippen LogP contribution in [0.1, 0.15) is 65.2 Å². The Balaban J connectivity index is 1.80. The maximum absolute atomic E-state index is 11.5. The molecule has 0 unspecified atom stereocenters. The van der Waals surface area contributed by atoms with Gasteiger partial charge in [-0.25, -0.2) is 0 Å². The highest BCUT2D eigenvalue weighted by Gasteiger charge is 2.54. The molecule has 3 heteroatoms. The van der Waals surface area contributed by atoms with Gasteiger partial charge in [-0.1, -0.05) is 6.92 Å². The van der Waals surface area contributed by atoms with Gasteiger partial charge in [-0.05, 0) is 81.5 Å². The molecule has 20 heavy (non-hydrogen) atoms. The number of aliphatic carboxylic acids is 1. The number of fused-ring (bicyclic) bond motifs is 3. The number of carboxylic acid groups (broad SMARTS) is 1. The van der Waals surface area contributed by atoms with Gasteiger partial charge in [0.25, 0.3) is 0 Å². The van der Waals surface area contributed by atoms with Crippen LogP contribution in [0.3, 0.4) is 0 Å². The Bertz CT molecular complexity index is 407. The first-order chi connectivity index (χ1) is 9.35. The van der Waals surface area contributed by atoms with E-state index in [1.807, 2.05) is 6.92 Å². The lowest BCUT2D eigenvalue weighted by Gasteiger charge is -2.58. The zero-order valence-electron chi connectivity index (χ0n) is 12.8. The van der Waals surface area contributed by atoms with Crippen LogP contribution in [0.25, 0.3) is 0 Å². The second kappa shape index (κ2) is 4.72. The van der Waals surface area contributed by atoms with Gasteiger partial charge < -0.3 is 10.2 Å². The van der Waals surface area contributed by atoms with Crippen molar-refractivity contribution in [3.63, 3.8) is 0 Å². The lowest BCUT2D eigenvalue weighted by molar-refractivity contribution is -0.157. The molecule has 6 atom stereocenters. The monoisotopic (exact) mass is 280 g/mol. The molecule has 0 aromatic carbocycles. The minimum absolute atomic E-state index is 0.0995. The summed E-state index contributed by atoms with van der Waals surface area (Å²) in [5.41, 5.74) is -0.152. The molecule has 0 radical (unpaired) electrons. The van der Waals surface area contributed by atoms with Crippen molar-refractivity contribution >= 4 is 5.97 Å². The molecule has 0 saturated heterocycles. The highest BCUT2D eigenvalue weighted by Crippen LogP contribution is 2.61. The molecule has 3 fully saturated rings. The van der Waals surface area contributed by atoms with Gasteiger partial charge in [-0.2, -0.15) is 0 Å². The number of hydrogen-bond donors (Lipinski definition) is 2. The van der Waals surface area contributed by atoms with Crippen molar-refractivity contribution in [3.8, 4) is 0 Å². The summed E-state index contributed by atoms with van der Waals surface area (Å²) in [5.74, 6) is 1.31. The average molecular weight is 280 g/mol. The molecule has 0 spiro atoms. The molecule has 2 N–H and O–H groups in total. The molecule has 0 aromatic rings. The average Bonchev–Trinajstić information content (AvgIpc) is 2.39. The Morgan fingerprint density at radius 1 is 1.10 bits per heavy atom. The Kier molecular flexibility index (Phi) is 3.39. The van der Waals surface area contributed by atoms with E-state index < -0.39 is 11.4 Å². The summed E-state index contributed by atoms with van der Waals surface area (Å²) >= 11 is 0. The molecule has 3 aliphatic rings. The molecule has 0 bridgehead atoms. The molecular formula is C17H28O3. The summed E-state index contributed by atoms with van der Waals surface area (Å²) in [6.07, 6.45) is 8.04. The lowest BCUT2D eigenvalue weighted by atomic mass is 9.47. The van der Waals surface area contributed by atoms with Crippen LogP contribution in [0.2, 0.25) is 0 Å². The summed E-state index contributed by atoms with van der Waals surface area (Å²) < 4.78 is 0. The summed E-state index contributed by atoms with van der Waals surface area (Å²) in [6, 6.07) is 0. The third-order valence-corrected chi connectivity index (χ3v) is 7.04. The Labute approximate surface area is 121 Å². The van der Waals surface area contributed by atoms with Gasteiger partial charge in [0, 0.05) is 0 Å². The molecule has 3 nitrogen and oxygen atoms in total. The highest BCUT2D eigenvalue weighted by molar-refractivity contribution is 5.74. The van der Waals surface area contributed by atoms with E-state index in [0.29, 0.717) is 23.2 Å². The van der Waals surface area contributed by atoms with Crippen molar-refractivity contribution in [2.24, 2.45) is 28.6 Å². The fraction of sp³-hybridized carbons (Fsp3) is 0.941. The SMILES string of the molecule is C[C@]1(C(=O)O)CC[C@H]2[C@@H](CC[C@@H]3C[C@H](O)CC[C@@]32C)C1. The Morgan fingerprint density at radius 2 is 1.85 bits per heavy atom. The molecule has 0 aromatic heterocycles. The number of aliphatic hydroxyl groups is 1. The molecule has 0 aliphatic heterocycles. The van der Waals surface area contributed by atoms with Crippen molar-refractivity contribution < 1.29 is 15.0 Å². The van der Waals surface area contributed by atoms with E-state index in [-0.39, 0.29) is 6.10 Å². The quantitative estimate of drug-likeness (QED) is 0.773. The van der Waals surface area contributed by atoms with Crippen LogP contribution in [-0.2, 0) is 4.79 Å². The first kappa shape index (κ1) is 14.4. The van der Waals surface area contributed by atoms with Crippen LogP contribution in [0.4, 0.5) is 0 Å². The number of hydrogen-bond acceptors (Lipinski definition) is 2. The maximum Gasteiger partial charge on any atom is 0.309 e. The van der Waals surface area contributed by atoms with Crippen LogP contribution >= 0.6 is 0 Å². The second-order valence-corrected chi connectivity index (χ2v) is 8.18. The van der Waals surface area contributed by atoms with Crippen molar-refractivity contribution in [1.82, 2.24) is 0 Å². The first-order valence-electron chi connectivity index (χ1n) is 8.27. The molecule has 3 rings (SSSR count). The van der Waals surface area contributed by atoms with Gasteiger partial charge in [0.05, 0.1) is 11.5 Å². The van der Waals surface area contributed by atoms with Crippen LogP contribution in [0, 0.1) is 28.6 Å². The number of carbonyl (C=O) groups is 1. The molecule has 114 valence electrons. The van der Waals surface area contributed by atoms with E-state index >= 15 is 0 Å². The van der Waals surface area contributed by atoms with Crippen LogP contribution in [0.5, 0.6) is 0 Å². The predicted octanol–water partition coefficient (Wildman–Crippen LogP) is 3.45. The zero-order chi connectivity index (χ0) is 14.5. The van der Waals surface area contributed by atoms with Crippen molar-refractivity contribution in [2.75, 3.05) is 0 Å². The molecule has 0 amide bonds. The second-order valence-electron chi connectivity index (χ2n) is 8.18. The summed E-state index contributed by atoms with van der Waals surface area (Å²) in [7, 11) is 0. The number of aliphatic hydroxyl groups excluding tert-OH is 1. The van der Waals surface area contributed by atoms with Gasteiger partial charge in [0.1, 0.15) is 0 Å². The Morgan fingerprint density at radius 3 is 2.55 bits per heavy atom. The highest BCUT2D eigenvalue weighted by atomic mass is 16.4. The normalized spacial score (nSPS) is 52.0. The minimum Gasteiger partial charge on any atom is -0.481 e. The summed E-state index contributed by atoms with van der Waals surface area (Å²) in [6.45, 7) is 4.36. The smallest absolute Gasteiger partial charge is 0.309 e. The van der Waals surface area contributed by atoms with Crippen LogP contribution < -0.4 is 0 Å². The van der Waals surface area contributed by atoms with E-state index in [1.54, 1.807) is 0 Å². The van der Waals surface area contributed by atoms with E-state index in [1.165, 1.54) is 12.8 Å². The lowest BCUT2D eigenvalue weighted by Crippen LogP contribution is -2.51. The van der Waals surface area contributed by atoms with Crippen molar-refractivity contribution in [3.05, 3.63) is 0 Å². The van der Waals surface area contributed by atoms with Crippen LogP contribution in [0.15, 0.2) is 0 Å². The molecular weight excluding hydrogens is 252 g/mol. The van der Waals surface area contributed by atoms with E-state index in [2.05, 4.69) is 6.92 Å². The fourth-order valence-corrected chi connectivity index (χ4v) is 5.65. The Hall–Kier alpha value is -0.570. The third kappa shape index (κ3) is 2.09. The van der Waals surface area contributed by atoms with Crippen molar-refractivity contribution in [1.29, 1.82) is 0 Å². The van der Waals surface area contributed by atoms with Gasteiger partial charge >= 0.3 is 5.97 Å². The standard InChI is InChI=1S/C17H28O3/c1-16(15(19)20)7-6-14-11(10-16)3-4-12-9-13(18)5-8-17(12,14)2/h11-14,18H,3-10H2,1-2H3,(H,19,20)/t11-,12+,13+,14-,16-,17-/m0/s1. The number of carboxylic acids is 1.